The van der Waals surface area contributed by atoms with Crippen molar-refractivity contribution in [2.75, 3.05) is 0 Å². The van der Waals surface area contributed by atoms with Crippen LogP contribution in [0, 0.1) is 0 Å². The van der Waals surface area contributed by atoms with E-state index in [0.717, 1.165) is 17.8 Å². The van der Waals surface area contributed by atoms with Crippen molar-refractivity contribution < 1.29 is 0 Å². The Kier molecular flexibility index (Phi) is 2.65. The molecule has 0 amide bonds. The van der Waals surface area contributed by atoms with E-state index < -0.39 is 0 Å². The fourth-order valence-electron chi connectivity index (χ4n) is 2.56. The van der Waals surface area contributed by atoms with Gasteiger partial charge in [0.15, 0.2) is 0 Å². The van der Waals surface area contributed by atoms with E-state index in [1.165, 1.54) is 30.4 Å². The Hall–Kier alpha value is -1.68. The van der Waals surface area contributed by atoms with Crippen molar-refractivity contribution >= 4 is 0 Å². The van der Waals surface area contributed by atoms with Crippen molar-refractivity contribution in [3.63, 3.8) is 0 Å². The highest BCUT2D eigenvalue weighted by Crippen LogP contribution is 2.26. The first-order chi connectivity index (χ1) is 8.40. The second-order valence-electron chi connectivity index (χ2n) is 4.46. The van der Waals surface area contributed by atoms with E-state index in [2.05, 4.69) is 28.5 Å². The van der Waals surface area contributed by atoms with E-state index in [0.29, 0.717) is 6.54 Å². The molecular formula is C13H16N4. The van der Waals surface area contributed by atoms with Gasteiger partial charge >= 0.3 is 0 Å². The van der Waals surface area contributed by atoms with Crippen LogP contribution in [0.2, 0.25) is 0 Å². The van der Waals surface area contributed by atoms with Gasteiger partial charge in [0.2, 0.25) is 0 Å². The first-order valence-electron chi connectivity index (χ1n) is 6.11. The minimum absolute atomic E-state index is 0.469. The molecule has 0 spiro atoms. The summed E-state index contributed by atoms with van der Waals surface area (Å²) in [5, 5.41) is 8.10. The van der Waals surface area contributed by atoms with Gasteiger partial charge in [0.05, 0.1) is 17.6 Å². The lowest BCUT2D eigenvalue weighted by atomic mass is 9.90. The fraction of sp³-hybridized carbons (Fsp3) is 0.385. The minimum Gasteiger partial charge on any atom is -0.325 e. The number of hydrogen-bond donors (Lipinski definition) is 1. The zero-order valence-corrected chi connectivity index (χ0v) is 9.76. The quantitative estimate of drug-likeness (QED) is 0.849. The summed E-state index contributed by atoms with van der Waals surface area (Å²) in [6.07, 6.45) is 6.60. The minimum atomic E-state index is 0.469. The van der Waals surface area contributed by atoms with E-state index in [1.807, 2.05) is 4.68 Å². The molecule has 4 heteroatoms. The molecule has 3 rings (SSSR count). The third-order valence-electron chi connectivity index (χ3n) is 3.43. The number of nitrogens with two attached hydrogens (primary N) is 1. The summed E-state index contributed by atoms with van der Waals surface area (Å²) in [7, 11) is 0. The molecule has 0 aliphatic heterocycles. The lowest BCUT2D eigenvalue weighted by Crippen LogP contribution is -2.12. The van der Waals surface area contributed by atoms with Gasteiger partial charge < -0.3 is 5.73 Å². The van der Waals surface area contributed by atoms with Crippen LogP contribution in [0.25, 0.3) is 5.69 Å². The molecule has 1 aliphatic carbocycles. The van der Waals surface area contributed by atoms with Gasteiger partial charge in [-0.05, 0) is 42.9 Å². The highest BCUT2D eigenvalue weighted by molar-refractivity contribution is 5.47. The Balaban J connectivity index is 2.14. The van der Waals surface area contributed by atoms with Crippen molar-refractivity contribution in [2.24, 2.45) is 5.73 Å². The smallest absolute Gasteiger partial charge is 0.0781 e. The molecule has 17 heavy (non-hydrogen) atoms. The molecule has 0 unspecified atom stereocenters. The highest BCUT2D eigenvalue weighted by Gasteiger charge is 2.15. The van der Waals surface area contributed by atoms with Crippen LogP contribution in [0.5, 0.6) is 0 Å². The average molecular weight is 228 g/mol. The standard InChI is InChI=1S/C13H16N4/c14-8-11-9-15-16-17(11)13-7-3-5-10-4-1-2-6-12(10)13/h3,5,7,9H,1-2,4,6,8,14H2. The van der Waals surface area contributed by atoms with Crippen molar-refractivity contribution in [1.82, 2.24) is 15.0 Å². The lowest BCUT2D eigenvalue weighted by molar-refractivity contribution is 0.668. The Morgan fingerprint density at radius 1 is 1.24 bits per heavy atom. The summed E-state index contributed by atoms with van der Waals surface area (Å²) in [6, 6.07) is 6.43. The summed E-state index contributed by atoms with van der Waals surface area (Å²) in [4.78, 5) is 0. The molecule has 0 bridgehead atoms. The topological polar surface area (TPSA) is 56.7 Å². The van der Waals surface area contributed by atoms with Crippen LogP contribution in [-0.4, -0.2) is 15.0 Å². The van der Waals surface area contributed by atoms with E-state index in [4.69, 9.17) is 5.73 Å². The lowest BCUT2D eigenvalue weighted by Gasteiger charge is -2.19. The Labute approximate surface area is 100 Å². The van der Waals surface area contributed by atoms with E-state index in [9.17, 15) is 0 Å². The molecule has 1 heterocycles. The maximum absolute atomic E-state index is 5.71. The number of nitrogens with zero attached hydrogens (tertiary/aromatic N) is 3. The summed E-state index contributed by atoms with van der Waals surface area (Å²) < 4.78 is 1.88. The number of hydrogen-bond acceptors (Lipinski definition) is 3. The van der Waals surface area contributed by atoms with Crippen LogP contribution >= 0.6 is 0 Å². The van der Waals surface area contributed by atoms with Gasteiger partial charge in [0.1, 0.15) is 0 Å². The largest absolute Gasteiger partial charge is 0.325 e. The number of aromatic nitrogens is 3. The van der Waals surface area contributed by atoms with Crippen molar-refractivity contribution in [3.8, 4) is 5.69 Å². The Bertz CT molecular complexity index is 530. The predicted octanol–water partition coefficient (Wildman–Crippen LogP) is 1.60. The van der Waals surface area contributed by atoms with E-state index in [1.54, 1.807) is 6.20 Å². The van der Waals surface area contributed by atoms with Crippen LogP contribution < -0.4 is 5.73 Å². The third-order valence-corrected chi connectivity index (χ3v) is 3.43. The maximum Gasteiger partial charge on any atom is 0.0781 e. The van der Waals surface area contributed by atoms with Crippen molar-refractivity contribution in [1.29, 1.82) is 0 Å². The molecule has 2 N–H and O–H groups in total. The van der Waals surface area contributed by atoms with Gasteiger partial charge in [0, 0.05) is 6.54 Å². The van der Waals surface area contributed by atoms with Crippen LogP contribution in [0.1, 0.15) is 29.7 Å². The van der Waals surface area contributed by atoms with Gasteiger partial charge in [0.25, 0.3) is 0 Å². The second-order valence-corrected chi connectivity index (χ2v) is 4.46. The normalized spacial score (nSPS) is 14.6. The number of rotatable bonds is 2. The molecule has 4 nitrogen and oxygen atoms in total. The monoisotopic (exact) mass is 228 g/mol. The van der Waals surface area contributed by atoms with Gasteiger partial charge in [-0.25, -0.2) is 4.68 Å². The van der Waals surface area contributed by atoms with E-state index in [-0.39, 0.29) is 0 Å². The summed E-state index contributed by atoms with van der Waals surface area (Å²) >= 11 is 0. The van der Waals surface area contributed by atoms with Crippen molar-refractivity contribution in [3.05, 3.63) is 41.2 Å². The second kappa shape index (κ2) is 4.30. The molecule has 1 aromatic carbocycles. The number of aryl methyl sites for hydroxylation is 1. The molecule has 0 fully saturated rings. The molecule has 0 radical (unpaired) electrons. The van der Waals surface area contributed by atoms with E-state index >= 15 is 0 Å². The molecule has 0 atom stereocenters. The van der Waals surface area contributed by atoms with Crippen LogP contribution in [-0.2, 0) is 19.4 Å². The zero-order chi connectivity index (χ0) is 11.7. The Morgan fingerprint density at radius 3 is 3.00 bits per heavy atom. The van der Waals surface area contributed by atoms with Crippen molar-refractivity contribution in [2.45, 2.75) is 32.2 Å². The Morgan fingerprint density at radius 2 is 2.12 bits per heavy atom. The molecule has 2 aromatic rings. The first-order valence-corrected chi connectivity index (χ1v) is 6.11. The molecule has 0 saturated heterocycles. The van der Waals surface area contributed by atoms with Crippen LogP contribution in [0.4, 0.5) is 0 Å². The fourth-order valence-corrected chi connectivity index (χ4v) is 2.56. The van der Waals surface area contributed by atoms with Crippen LogP contribution in [0.3, 0.4) is 0 Å². The zero-order valence-electron chi connectivity index (χ0n) is 9.76. The van der Waals surface area contributed by atoms with Gasteiger partial charge in [-0.2, -0.15) is 0 Å². The summed E-state index contributed by atoms with van der Waals surface area (Å²) in [6.45, 7) is 0.469. The summed E-state index contributed by atoms with van der Waals surface area (Å²) in [5.41, 5.74) is 10.7. The first kappa shape index (κ1) is 10.5. The van der Waals surface area contributed by atoms with Crippen LogP contribution in [0.15, 0.2) is 24.4 Å². The molecular weight excluding hydrogens is 212 g/mol. The molecule has 1 aliphatic rings. The van der Waals surface area contributed by atoms with Gasteiger partial charge in [-0.3, -0.25) is 0 Å². The maximum atomic E-state index is 5.71. The SMILES string of the molecule is NCc1cnnn1-c1cccc2c1CCCC2. The highest BCUT2D eigenvalue weighted by atomic mass is 15.4. The van der Waals surface area contributed by atoms with Gasteiger partial charge in [-0.15, -0.1) is 5.10 Å². The average Bonchev–Trinajstić information content (AvgIpc) is 2.86. The third kappa shape index (κ3) is 1.74. The predicted molar refractivity (Wildman–Crippen MR) is 65.9 cm³/mol. The molecule has 88 valence electrons. The number of fused-ring (bicyclic) bond motifs is 1. The molecule has 0 saturated carbocycles. The van der Waals surface area contributed by atoms with Gasteiger partial charge in [-0.1, -0.05) is 17.3 Å². The number of benzene rings is 1. The molecule has 1 aromatic heterocycles. The summed E-state index contributed by atoms with van der Waals surface area (Å²) in [5.74, 6) is 0.